The van der Waals surface area contributed by atoms with E-state index >= 15 is 0 Å². The van der Waals surface area contributed by atoms with Crippen LogP contribution in [-0.4, -0.2) is 36.5 Å². The highest BCUT2D eigenvalue weighted by atomic mass is 15.3. The summed E-state index contributed by atoms with van der Waals surface area (Å²) < 4.78 is 0. The van der Waals surface area contributed by atoms with Crippen LogP contribution in [0.3, 0.4) is 0 Å². The fourth-order valence-corrected chi connectivity index (χ4v) is 2.03. The molecule has 0 radical (unpaired) electrons. The average Bonchev–Trinajstić information content (AvgIpc) is 2.67. The summed E-state index contributed by atoms with van der Waals surface area (Å²) in [6.07, 6.45) is 8.33. The fraction of sp³-hybridized carbons (Fsp3) is 0.727. The number of nitrogens with zero attached hydrogens (tertiary/aromatic N) is 2. The maximum absolute atomic E-state index is 4.48. The highest BCUT2D eigenvalue weighted by molar-refractivity contribution is 5.81. The van der Waals surface area contributed by atoms with E-state index in [-0.39, 0.29) is 0 Å². The van der Waals surface area contributed by atoms with Crippen LogP contribution in [0, 0.1) is 0 Å². The maximum Gasteiger partial charge on any atom is 0.194 e. The Hall–Kier alpha value is -0.990. The summed E-state index contributed by atoms with van der Waals surface area (Å²) in [5.41, 5.74) is 0. The molecule has 3 heteroatoms. The summed E-state index contributed by atoms with van der Waals surface area (Å²) in [5, 5.41) is 3.51. The zero-order chi connectivity index (χ0) is 9.80. The van der Waals surface area contributed by atoms with Crippen LogP contribution >= 0.6 is 0 Å². The molecule has 0 amide bonds. The van der Waals surface area contributed by atoms with Gasteiger partial charge in [0.1, 0.15) is 0 Å². The van der Waals surface area contributed by atoms with E-state index in [1.807, 2.05) is 0 Å². The number of likely N-dealkylation sites (N-methyl/N-ethyl adjacent to an activating group) is 1. The van der Waals surface area contributed by atoms with Gasteiger partial charge in [-0.3, -0.25) is 4.99 Å². The molecule has 0 saturated heterocycles. The Kier molecular flexibility index (Phi) is 3.07. The van der Waals surface area contributed by atoms with E-state index in [1.165, 1.54) is 19.3 Å². The lowest BCUT2D eigenvalue weighted by Crippen LogP contribution is -2.43. The molecule has 0 fully saturated rings. The van der Waals surface area contributed by atoms with Gasteiger partial charge in [0.2, 0.25) is 0 Å². The minimum Gasteiger partial charge on any atom is -0.350 e. The van der Waals surface area contributed by atoms with E-state index in [4.69, 9.17) is 0 Å². The Morgan fingerprint density at radius 1 is 1.64 bits per heavy atom. The minimum absolute atomic E-state index is 0.509. The number of hydrogen-bond acceptors (Lipinski definition) is 3. The predicted molar refractivity (Wildman–Crippen MR) is 59.5 cm³/mol. The fourth-order valence-electron chi connectivity index (χ4n) is 2.03. The van der Waals surface area contributed by atoms with E-state index in [1.54, 1.807) is 0 Å². The molecule has 0 aromatic carbocycles. The quantitative estimate of drug-likeness (QED) is 0.671. The SMILES string of the molecule is CCN1CCN=C1NC1C=CCCC1. The molecule has 1 N–H and O–H groups in total. The molecule has 1 unspecified atom stereocenters. The second-order valence-electron chi connectivity index (χ2n) is 3.89. The Bertz CT molecular complexity index is 245. The maximum atomic E-state index is 4.48. The summed E-state index contributed by atoms with van der Waals surface area (Å²) in [6.45, 7) is 5.27. The first-order valence-electron chi connectivity index (χ1n) is 5.62. The Balaban J connectivity index is 1.89. The van der Waals surface area contributed by atoms with Gasteiger partial charge >= 0.3 is 0 Å². The summed E-state index contributed by atoms with van der Waals surface area (Å²) in [7, 11) is 0. The van der Waals surface area contributed by atoms with Crippen molar-refractivity contribution in [1.29, 1.82) is 0 Å². The first-order valence-corrected chi connectivity index (χ1v) is 5.62. The van der Waals surface area contributed by atoms with Gasteiger partial charge in [-0.25, -0.2) is 0 Å². The van der Waals surface area contributed by atoms with Crippen LogP contribution in [0.15, 0.2) is 17.1 Å². The van der Waals surface area contributed by atoms with E-state index in [0.29, 0.717) is 6.04 Å². The summed E-state index contributed by atoms with van der Waals surface area (Å²) in [4.78, 5) is 6.79. The molecule has 0 aromatic rings. The van der Waals surface area contributed by atoms with Crippen LogP contribution < -0.4 is 5.32 Å². The first-order chi connectivity index (χ1) is 6.90. The van der Waals surface area contributed by atoms with Gasteiger partial charge in [0.25, 0.3) is 0 Å². The minimum atomic E-state index is 0.509. The van der Waals surface area contributed by atoms with Gasteiger partial charge in [0, 0.05) is 19.1 Å². The molecule has 1 atom stereocenters. The topological polar surface area (TPSA) is 27.6 Å². The molecule has 1 aliphatic carbocycles. The van der Waals surface area contributed by atoms with Crippen molar-refractivity contribution in [2.45, 2.75) is 32.2 Å². The van der Waals surface area contributed by atoms with Gasteiger partial charge in [0.05, 0.1) is 6.54 Å². The lowest BCUT2D eigenvalue weighted by Gasteiger charge is -2.24. The van der Waals surface area contributed by atoms with Crippen LogP contribution in [0.4, 0.5) is 0 Å². The summed E-state index contributed by atoms with van der Waals surface area (Å²) in [5.74, 6) is 1.10. The van der Waals surface area contributed by atoms with Crippen molar-refractivity contribution in [2.75, 3.05) is 19.6 Å². The second kappa shape index (κ2) is 4.49. The third kappa shape index (κ3) is 2.08. The third-order valence-corrected chi connectivity index (χ3v) is 2.88. The molecule has 2 rings (SSSR count). The molecule has 0 aromatic heterocycles. The monoisotopic (exact) mass is 193 g/mol. The van der Waals surface area contributed by atoms with Crippen molar-refractivity contribution < 1.29 is 0 Å². The largest absolute Gasteiger partial charge is 0.350 e. The van der Waals surface area contributed by atoms with Crippen molar-refractivity contribution in [3.63, 3.8) is 0 Å². The highest BCUT2D eigenvalue weighted by Gasteiger charge is 2.17. The zero-order valence-corrected chi connectivity index (χ0v) is 8.87. The Labute approximate surface area is 85.9 Å². The second-order valence-corrected chi connectivity index (χ2v) is 3.89. The van der Waals surface area contributed by atoms with Crippen molar-refractivity contribution in [1.82, 2.24) is 10.2 Å². The highest BCUT2D eigenvalue weighted by Crippen LogP contribution is 2.11. The molecule has 78 valence electrons. The molecule has 0 saturated carbocycles. The number of aliphatic imine (C=N–C) groups is 1. The molecule has 3 nitrogen and oxygen atoms in total. The number of allylic oxidation sites excluding steroid dienone is 1. The molecule has 1 aliphatic heterocycles. The van der Waals surface area contributed by atoms with Crippen molar-refractivity contribution in [3.05, 3.63) is 12.2 Å². The van der Waals surface area contributed by atoms with Crippen LogP contribution in [0.2, 0.25) is 0 Å². The van der Waals surface area contributed by atoms with Gasteiger partial charge in [-0.2, -0.15) is 0 Å². The van der Waals surface area contributed by atoms with Crippen LogP contribution in [-0.2, 0) is 0 Å². The van der Waals surface area contributed by atoms with E-state index in [9.17, 15) is 0 Å². The lowest BCUT2D eigenvalue weighted by atomic mass is 10.0. The standard InChI is InChI=1S/C11H19N3/c1-2-14-9-8-12-11(14)13-10-6-4-3-5-7-10/h4,6,10H,2-3,5,7-9H2,1H3,(H,12,13). The van der Waals surface area contributed by atoms with Crippen molar-refractivity contribution in [2.24, 2.45) is 4.99 Å². The predicted octanol–water partition coefficient (Wildman–Crippen LogP) is 1.38. The van der Waals surface area contributed by atoms with Crippen molar-refractivity contribution >= 4 is 5.96 Å². The molecular weight excluding hydrogens is 174 g/mol. The molecule has 0 bridgehead atoms. The zero-order valence-electron chi connectivity index (χ0n) is 8.87. The first kappa shape index (κ1) is 9.56. The summed E-state index contributed by atoms with van der Waals surface area (Å²) >= 11 is 0. The Morgan fingerprint density at radius 2 is 2.57 bits per heavy atom. The van der Waals surface area contributed by atoms with Crippen LogP contribution in [0.1, 0.15) is 26.2 Å². The number of guanidine groups is 1. The van der Waals surface area contributed by atoms with Gasteiger partial charge in [-0.1, -0.05) is 12.2 Å². The Morgan fingerprint density at radius 3 is 3.29 bits per heavy atom. The number of hydrogen-bond donors (Lipinski definition) is 1. The third-order valence-electron chi connectivity index (χ3n) is 2.88. The normalized spacial score (nSPS) is 26.5. The summed E-state index contributed by atoms with van der Waals surface area (Å²) in [6, 6.07) is 0.509. The van der Waals surface area contributed by atoms with E-state index in [2.05, 4.69) is 34.3 Å². The smallest absolute Gasteiger partial charge is 0.194 e. The molecule has 1 heterocycles. The average molecular weight is 193 g/mol. The molecular formula is C11H19N3. The number of rotatable bonds is 2. The van der Waals surface area contributed by atoms with Gasteiger partial charge in [-0.15, -0.1) is 0 Å². The van der Waals surface area contributed by atoms with Gasteiger partial charge < -0.3 is 10.2 Å². The van der Waals surface area contributed by atoms with Crippen molar-refractivity contribution in [3.8, 4) is 0 Å². The molecule has 14 heavy (non-hydrogen) atoms. The molecule has 2 aliphatic rings. The van der Waals surface area contributed by atoms with Gasteiger partial charge in [0.15, 0.2) is 5.96 Å². The van der Waals surface area contributed by atoms with E-state index in [0.717, 1.165) is 25.6 Å². The lowest BCUT2D eigenvalue weighted by molar-refractivity contribution is 0.455. The van der Waals surface area contributed by atoms with Crippen LogP contribution in [0.25, 0.3) is 0 Å². The number of nitrogens with one attached hydrogen (secondary N) is 1. The van der Waals surface area contributed by atoms with E-state index < -0.39 is 0 Å². The van der Waals surface area contributed by atoms with Crippen LogP contribution in [0.5, 0.6) is 0 Å². The molecule has 0 spiro atoms. The van der Waals surface area contributed by atoms with Gasteiger partial charge in [-0.05, 0) is 26.2 Å².